The van der Waals surface area contributed by atoms with Crippen LogP contribution < -0.4 is 21.4 Å². The number of benzene rings is 2. The number of Topliss-reactive ketones (excluding diaryl/α,β-unsaturated/α-hetero) is 2. The molecule has 2 aromatic rings. The maximum absolute atomic E-state index is 13.5. The van der Waals surface area contributed by atoms with Crippen molar-refractivity contribution in [1.29, 1.82) is 0 Å². The molecule has 1 aliphatic heterocycles. The van der Waals surface area contributed by atoms with Crippen LogP contribution in [0.5, 0.6) is 0 Å². The van der Waals surface area contributed by atoms with Crippen LogP contribution in [0.25, 0.3) is 0 Å². The first-order chi connectivity index (χ1) is 18.2. The van der Waals surface area contributed by atoms with Gasteiger partial charge in [0.15, 0.2) is 0 Å². The van der Waals surface area contributed by atoms with Gasteiger partial charge in [-0.15, -0.1) is 0 Å². The number of nitrogens with one attached hydrogen (secondary N) is 1. The molecule has 2 aromatic carbocycles. The molecule has 196 valence electrons. The van der Waals surface area contributed by atoms with Gasteiger partial charge in [-0.1, -0.05) is 24.3 Å². The molecule has 8 heteroatoms. The van der Waals surface area contributed by atoms with Gasteiger partial charge in [-0.2, -0.15) is 0 Å². The number of hydrogen-bond donors (Lipinski definition) is 3. The minimum atomic E-state index is -0.844. The van der Waals surface area contributed by atoms with Crippen LogP contribution in [0.2, 0.25) is 0 Å². The van der Waals surface area contributed by atoms with Crippen molar-refractivity contribution in [3.8, 4) is 0 Å². The number of hydrazine groups is 1. The molecule has 0 amide bonds. The Bertz CT molecular complexity index is 1390. The zero-order chi connectivity index (χ0) is 27.4. The van der Waals surface area contributed by atoms with Gasteiger partial charge in [0.05, 0.1) is 0 Å². The number of hydrogen-bond acceptors (Lipinski definition) is 7. The van der Waals surface area contributed by atoms with Gasteiger partial charge < -0.3 is 0 Å². The first kappa shape index (κ1) is 27.2. The molecule has 4 rings (SSSR count). The molecule has 0 saturated heterocycles. The second kappa shape index (κ2) is 11.3. The number of rotatable bonds is 9. The van der Waals surface area contributed by atoms with Crippen LogP contribution in [0.4, 0.5) is 0 Å². The van der Waals surface area contributed by atoms with Gasteiger partial charge in [-0.05, 0) is 0 Å². The summed E-state index contributed by atoms with van der Waals surface area (Å²) in [5, 5.41) is 4.99. The molecule has 38 heavy (non-hydrogen) atoms. The second-order valence-electron chi connectivity index (χ2n) is 9.46. The van der Waals surface area contributed by atoms with Gasteiger partial charge in [0, 0.05) is 5.56 Å². The van der Waals surface area contributed by atoms with Gasteiger partial charge in [0.2, 0.25) is 0 Å². The predicted molar refractivity (Wildman–Crippen MR) is 151 cm³/mol. The fourth-order valence-corrected chi connectivity index (χ4v) is 5.93. The fourth-order valence-electron chi connectivity index (χ4n) is 4.41. The summed E-state index contributed by atoms with van der Waals surface area (Å²) >= 11 is 0.170. The summed E-state index contributed by atoms with van der Waals surface area (Å²) in [6.45, 7) is 9.50. The van der Waals surface area contributed by atoms with E-state index < -0.39 is 11.6 Å². The summed E-state index contributed by atoms with van der Waals surface area (Å²) in [5.41, 5.74) is 9.10. The summed E-state index contributed by atoms with van der Waals surface area (Å²) in [7, 11) is 0. The first-order valence-corrected chi connectivity index (χ1v) is 14.3. The molecule has 0 fully saturated rings. The van der Waals surface area contributed by atoms with E-state index in [1.54, 1.807) is 41.6 Å². The number of carbonyl (C=O) groups excluding carboxylic acids is 2. The van der Waals surface area contributed by atoms with Crippen LogP contribution in [-0.2, 0) is 4.74 Å². The van der Waals surface area contributed by atoms with Crippen LogP contribution in [0.3, 0.4) is 0 Å². The number of allylic oxidation sites excluding steroid dienone is 4. The summed E-state index contributed by atoms with van der Waals surface area (Å²) in [6, 6.07) is 16.5. The van der Waals surface area contributed by atoms with Crippen molar-refractivity contribution in [2.24, 2.45) is 11.6 Å². The van der Waals surface area contributed by atoms with Crippen molar-refractivity contribution >= 4 is 31.0 Å². The molecular formula is C30H32N4O3Se. The van der Waals surface area contributed by atoms with Gasteiger partial charge in [0.25, 0.3) is 0 Å². The Morgan fingerprint density at radius 3 is 2.37 bits per heavy atom. The van der Waals surface area contributed by atoms with E-state index in [-0.39, 0.29) is 32.3 Å². The van der Waals surface area contributed by atoms with Gasteiger partial charge in [-0.3, -0.25) is 4.79 Å². The van der Waals surface area contributed by atoms with E-state index in [0.29, 0.717) is 39.1 Å². The van der Waals surface area contributed by atoms with Crippen LogP contribution in [0, 0.1) is 0 Å². The zero-order valence-corrected chi connectivity index (χ0v) is 23.4. The molecule has 1 unspecified atom stereocenters. The van der Waals surface area contributed by atoms with E-state index in [9.17, 15) is 9.59 Å². The fraction of sp³-hybridized carbons (Fsp3) is 0.200. The van der Waals surface area contributed by atoms with Crippen LogP contribution >= 0.6 is 0 Å². The Kier molecular flexibility index (Phi) is 8.07. The quantitative estimate of drug-likeness (QED) is 0.183. The Morgan fingerprint density at radius 2 is 1.74 bits per heavy atom. The average molecular weight is 576 g/mol. The molecule has 1 aliphatic carbocycles. The molecule has 0 aromatic heterocycles. The van der Waals surface area contributed by atoms with Crippen LogP contribution in [0.1, 0.15) is 41.5 Å². The predicted octanol–water partition coefficient (Wildman–Crippen LogP) is 3.07. The molecule has 5 N–H and O–H groups in total. The summed E-state index contributed by atoms with van der Waals surface area (Å²) in [5.74, 6) is 5.82. The minimum absolute atomic E-state index is 0.109. The first-order valence-electron chi connectivity index (χ1n) is 12.2. The summed E-state index contributed by atoms with van der Waals surface area (Å²) < 4.78 is 7.31. The van der Waals surface area contributed by atoms with Crippen molar-refractivity contribution in [3.05, 3.63) is 125 Å². The van der Waals surface area contributed by atoms with E-state index in [0.717, 1.165) is 0 Å². The van der Waals surface area contributed by atoms with Crippen molar-refractivity contribution in [1.82, 2.24) is 10.3 Å². The van der Waals surface area contributed by atoms with Gasteiger partial charge in [-0.25, -0.2) is 0 Å². The Hall–Kier alpha value is -3.84. The number of nitrogens with two attached hydrogens (primary N) is 2. The van der Waals surface area contributed by atoms with Gasteiger partial charge >= 0.3 is 195 Å². The van der Waals surface area contributed by atoms with E-state index in [2.05, 4.69) is 24.0 Å². The van der Waals surface area contributed by atoms with Gasteiger partial charge in [0.1, 0.15) is 0 Å². The molecule has 0 bridgehead atoms. The normalized spacial score (nSPS) is 19.1. The van der Waals surface area contributed by atoms with E-state index in [1.807, 2.05) is 51.1 Å². The molecule has 0 spiro atoms. The average Bonchev–Trinajstić information content (AvgIpc) is 3.19. The number of fused-ring (bicyclic) bond motifs is 1. The van der Waals surface area contributed by atoms with Crippen molar-refractivity contribution in [2.75, 3.05) is 5.44 Å². The van der Waals surface area contributed by atoms with E-state index in [1.165, 1.54) is 4.46 Å². The van der Waals surface area contributed by atoms with Crippen LogP contribution in [0.15, 0.2) is 114 Å². The Balaban J connectivity index is 1.55. The third-order valence-electron chi connectivity index (χ3n) is 6.38. The Labute approximate surface area is 229 Å². The molecule has 0 radical (unpaired) electrons. The molecule has 7 nitrogen and oxygen atoms in total. The molecule has 1 heterocycles. The number of carbonyl (C=O) groups is 2. The van der Waals surface area contributed by atoms with Crippen LogP contribution in [-0.4, -0.2) is 48.6 Å². The number of ketones is 2. The molecule has 1 atom stereocenters. The topological polar surface area (TPSA) is 111 Å². The molecular weight excluding hydrogens is 543 g/mol. The van der Waals surface area contributed by atoms with Crippen molar-refractivity contribution < 1.29 is 14.3 Å². The Morgan fingerprint density at radius 1 is 1.11 bits per heavy atom. The van der Waals surface area contributed by atoms with Crippen molar-refractivity contribution in [2.45, 2.75) is 32.4 Å². The van der Waals surface area contributed by atoms with E-state index in [4.69, 9.17) is 16.3 Å². The number of ether oxygens (including phenoxy) is 1. The summed E-state index contributed by atoms with van der Waals surface area (Å²) in [4.78, 5) is 26.6. The number of nitrogens with zero attached hydrogens (tertiary/aromatic N) is 1. The van der Waals surface area contributed by atoms with E-state index >= 15 is 0 Å². The third kappa shape index (κ3) is 5.53. The summed E-state index contributed by atoms with van der Waals surface area (Å²) in [6.07, 6.45) is 7.05. The maximum atomic E-state index is 13.5. The second-order valence-corrected chi connectivity index (χ2v) is 11.6. The SMILES string of the molecule is C=CC(=C\C(=C/C)NC1C2=C(OC1(C)C)C(=O)c1ccccc1C2=O)/C(N)=C/N(N)C[Se]c1ccccc1. The van der Waals surface area contributed by atoms with Crippen molar-refractivity contribution in [3.63, 3.8) is 0 Å². The zero-order valence-electron chi connectivity index (χ0n) is 21.7. The molecule has 0 saturated carbocycles. The standard InChI is InChI=1S/C30H32N4O3Se/c1-5-19(24(31)17-34(32)18-38-21-12-8-7-9-13-21)16-20(6-2)33-29-25-26(35)22-14-10-11-15-23(22)27(36)28(25)37-30(29,3)4/h5-17,29,33H,1,18,31-32H2,2-4H3/b19-16+,20-6+,24-17-. The third-order valence-corrected chi connectivity index (χ3v) is 8.54. The molecule has 2 aliphatic rings. The monoisotopic (exact) mass is 576 g/mol.